The minimum absolute atomic E-state index is 0.124. The first-order valence-electron chi connectivity index (χ1n) is 4.82. The summed E-state index contributed by atoms with van der Waals surface area (Å²) in [7, 11) is -10.2. The standard InChI is InChI=1S/C7H7N3O8P2/c11-10(12)5-1-2-6-7(3-5)9(4-8-6)19(13,14)18-20(15,16)17/h1-4H,(H,13,14)(H2,15,16,17). The van der Waals surface area contributed by atoms with E-state index in [0.29, 0.717) is 4.34 Å². The number of imidazole rings is 1. The Kier molecular flexibility index (Phi) is 3.51. The molecule has 0 fully saturated rings. The molecule has 0 saturated carbocycles. The topological polar surface area (TPSA) is 165 Å². The summed E-state index contributed by atoms with van der Waals surface area (Å²) in [4.78, 5) is 40.3. The van der Waals surface area contributed by atoms with Crippen molar-refractivity contribution in [2.24, 2.45) is 0 Å². The smallest absolute Gasteiger partial charge is 0.307 e. The van der Waals surface area contributed by atoms with Crippen molar-refractivity contribution in [3.05, 3.63) is 34.6 Å². The molecule has 2 aromatic rings. The van der Waals surface area contributed by atoms with Crippen molar-refractivity contribution < 1.29 is 33.0 Å². The van der Waals surface area contributed by atoms with Gasteiger partial charge in [0.25, 0.3) is 5.69 Å². The Bertz CT molecular complexity index is 779. The van der Waals surface area contributed by atoms with Gasteiger partial charge in [0, 0.05) is 12.1 Å². The Morgan fingerprint density at radius 2 is 1.95 bits per heavy atom. The van der Waals surface area contributed by atoms with Gasteiger partial charge in [-0.3, -0.25) is 10.1 Å². The molecule has 1 atom stereocenters. The van der Waals surface area contributed by atoms with Gasteiger partial charge in [0.2, 0.25) is 0 Å². The molecule has 2 rings (SSSR count). The van der Waals surface area contributed by atoms with Crippen LogP contribution in [0.25, 0.3) is 11.0 Å². The zero-order valence-electron chi connectivity index (χ0n) is 9.43. The fraction of sp³-hybridized carbons (Fsp3) is 0. The van der Waals surface area contributed by atoms with Gasteiger partial charge in [0.05, 0.1) is 16.0 Å². The predicted octanol–water partition coefficient (Wildman–Crippen LogP) is 1.00. The first-order chi connectivity index (χ1) is 9.10. The number of nitrogens with zero attached hydrogens (tertiary/aromatic N) is 3. The minimum Gasteiger partial charge on any atom is -0.307 e. The molecular formula is C7H7N3O8P2. The van der Waals surface area contributed by atoms with Crippen LogP contribution in [0.3, 0.4) is 0 Å². The number of fused-ring (bicyclic) bond motifs is 1. The maximum Gasteiger partial charge on any atom is 0.478 e. The van der Waals surface area contributed by atoms with Crippen molar-refractivity contribution in [3.8, 4) is 0 Å². The van der Waals surface area contributed by atoms with Crippen molar-refractivity contribution in [2.75, 3.05) is 0 Å². The molecule has 0 spiro atoms. The van der Waals surface area contributed by atoms with E-state index in [9.17, 15) is 24.1 Å². The van der Waals surface area contributed by atoms with Gasteiger partial charge in [-0.2, -0.15) is 4.31 Å². The average molecular weight is 323 g/mol. The van der Waals surface area contributed by atoms with E-state index in [1.807, 2.05) is 0 Å². The van der Waals surface area contributed by atoms with Crippen molar-refractivity contribution in [3.63, 3.8) is 0 Å². The summed E-state index contributed by atoms with van der Waals surface area (Å²) < 4.78 is 26.7. The van der Waals surface area contributed by atoms with Crippen LogP contribution >= 0.6 is 15.6 Å². The highest BCUT2D eigenvalue weighted by Gasteiger charge is 2.34. The average Bonchev–Trinajstić information content (AvgIpc) is 2.68. The number of hydrogen-bond donors (Lipinski definition) is 3. The lowest BCUT2D eigenvalue weighted by Crippen LogP contribution is -1.98. The lowest BCUT2D eigenvalue weighted by molar-refractivity contribution is -0.384. The van der Waals surface area contributed by atoms with Crippen LogP contribution < -0.4 is 0 Å². The van der Waals surface area contributed by atoms with E-state index in [-0.39, 0.29) is 16.7 Å². The minimum atomic E-state index is -5.23. The third-order valence-corrected chi connectivity index (χ3v) is 4.77. The Balaban J connectivity index is 2.60. The molecule has 0 amide bonds. The summed E-state index contributed by atoms with van der Waals surface area (Å²) in [5.41, 5.74) is -0.423. The van der Waals surface area contributed by atoms with E-state index in [4.69, 9.17) is 9.79 Å². The Morgan fingerprint density at radius 1 is 1.30 bits per heavy atom. The summed E-state index contributed by atoms with van der Waals surface area (Å²) >= 11 is 0. The van der Waals surface area contributed by atoms with E-state index >= 15 is 0 Å². The van der Waals surface area contributed by atoms with Gasteiger partial charge in [0.1, 0.15) is 6.33 Å². The highest BCUT2D eigenvalue weighted by Crippen LogP contribution is 2.58. The van der Waals surface area contributed by atoms with Crippen LogP contribution in [0.4, 0.5) is 5.69 Å². The van der Waals surface area contributed by atoms with Gasteiger partial charge in [0.15, 0.2) is 0 Å². The zero-order chi connectivity index (χ0) is 15.1. The third-order valence-electron chi connectivity index (χ3n) is 2.21. The summed E-state index contributed by atoms with van der Waals surface area (Å²) in [5, 5.41) is 10.6. The van der Waals surface area contributed by atoms with E-state index in [1.54, 1.807) is 0 Å². The first kappa shape index (κ1) is 14.8. The van der Waals surface area contributed by atoms with Crippen molar-refractivity contribution >= 4 is 32.3 Å². The molecular weight excluding hydrogens is 316 g/mol. The number of nitro groups is 1. The maximum absolute atomic E-state index is 11.8. The summed E-state index contributed by atoms with van der Waals surface area (Å²) in [6, 6.07) is 3.29. The molecule has 0 aliphatic carbocycles. The van der Waals surface area contributed by atoms with Crippen LogP contribution in [0, 0.1) is 10.1 Å². The molecule has 1 unspecified atom stereocenters. The molecule has 11 nitrogen and oxygen atoms in total. The normalized spacial score (nSPS) is 15.2. The molecule has 0 bridgehead atoms. The van der Waals surface area contributed by atoms with Gasteiger partial charge in [-0.05, 0) is 6.07 Å². The van der Waals surface area contributed by atoms with Gasteiger partial charge >= 0.3 is 15.6 Å². The van der Waals surface area contributed by atoms with E-state index < -0.39 is 20.5 Å². The first-order valence-corrected chi connectivity index (χ1v) is 7.88. The third kappa shape index (κ3) is 2.93. The molecule has 1 heterocycles. The van der Waals surface area contributed by atoms with Gasteiger partial charge in [-0.1, -0.05) is 0 Å². The second-order valence-electron chi connectivity index (χ2n) is 3.58. The molecule has 20 heavy (non-hydrogen) atoms. The van der Waals surface area contributed by atoms with Crippen LogP contribution in [0.5, 0.6) is 0 Å². The second-order valence-corrected chi connectivity index (χ2v) is 6.63. The highest BCUT2D eigenvalue weighted by molar-refractivity contribution is 7.62. The van der Waals surface area contributed by atoms with Crippen LogP contribution in [0.2, 0.25) is 0 Å². The predicted molar refractivity (Wildman–Crippen MR) is 64.7 cm³/mol. The molecule has 108 valence electrons. The van der Waals surface area contributed by atoms with Crippen LogP contribution in [-0.4, -0.2) is 28.9 Å². The van der Waals surface area contributed by atoms with Gasteiger partial charge in [-0.15, -0.1) is 0 Å². The maximum atomic E-state index is 11.8. The number of benzene rings is 1. The van der Waals surface area contributed by atoms with E-state index in [2.05, 4.69) is 9.29 Å². The molecule has 1 aromatic heterocycles. The quantitative estimate of drug-likeness (QED) is 0.422. The largest absolute Gasteiger partial charge is 0.478 e. The van der Waals surface area contributed by atoms with Crippen LogP contribution in [0.15, 0.2) is 24.5 Å². The molecule has 0 radical (unpaired) electrons. The van der Waals surface area contributed by atoms with Gasteiger partial charge < -0.3 is 14.7 Å². The van der Waals surface area contributed by atoms with E-state index in [1.165, 1.54) is 6.07 Å². The fourth-order valence-corrected chi connectivity index (χ4v) is 3.51. The second kappa shape index (κ2) is 4.74. The van der Waals surface area contributed by atoms with Crippen LogP contribution in [0.1, 0.15) is 0 Å². The molecule has 3 N–H and O–H groups in total. The van der Waals surface area contributed by atoms with Crippen LogP contribution in [-0.2, 0) is 13.4 Å². The Labute approximate surface area is 110 Å². The summed E-state index contributed by atoms with van der Waals surface area (Å²) in [5.74, 6) is 0. The monoisotopic (exact) mass is 323 g/mol. The number of non-ortho nitro benzene ring substituents is 1. The SMILES string of the molecule is O=[N+]([O-])c1ccc2ncn(P(=O)(O)OP(=O)(O)O)c2c1. The molecule has 0 saturated heterocycles. The molecule has 0 aliphatic heterocycles. The summed E-state index contributed by atoms with van der Waals surface area (Å²) in [6.45, 7) is 0. The number of aromatic nitrogens is 2. The molecule has 13 heteroatoms. The highest BCUT2D eigenvalue weighted by atomic mass is 31.3. The Morgan fingerprint density at radius 3 is 2.50 bits per heavy atom. The number of hydrogen-bond acceptors (Lipinski definition) is 6. The molecule has 1 aromatic carbocycles. The fourth-order valence-electron chi connectivity index (χ4n) is 1.48. The van der Waals surface area contributed by atoms with Crippen molar-refractivity contribution in [1.82, 2.24) is 9.32 Å². The zero-order valence-corrected chi connectivity index (χ0v) is 11.2. The van der Waals surface area contributed by atoms with Crippen molar-refractivity contribution in [2.45, 2.75) is 0 Å². The molecule has 0 aliphatic rings. The number of nitro benzene ring substituents is 1. The number of rotatable bonds is 4. The Hall–Kier alpha value is -1.61. The lowest BCUT2D eigenvalue weighted by Gasteiger charge is -2.13. The van der Waals surface area contributed by atoms with Crippen molar-refractivity contribution in [1.29, 1.82) is 0 Å². The lowest BCUT2D eigenvalue weighted by atomic mass is 10.3. The summed E-state index contributed by atoms with van der Waals surface area (Å²) in [6.07, 6.45) is 0.796. The van der Waals surface area contributed by atoms with E-state index in [0.717, 1.165) is 18.5 Å². The number of phosphoric acid groups is 1. The van der Waals surface area contributed by atoms with Gasteiger partial charge in [-0.25, -0.2) is 18.5 Å².